The van der Waals surface area contributed by atoms with E-state index in [1.165, 1.54) is 82.6 Å². The molecule has 0 bridgehead atoms. The molecule has 10 aromatic rings. The Hall–Kier alpha value is -8.32. The Morgan fingerprint density at radius 3 is 0.879 bits per heavy atom. The van der Waals surface area contributed by atoms with E-state index in [9.17, 15) is 0 Å². The van der Waals surface area contributed by atoms with Crippen LogP contribution in [0, 0.1) is 0 Å². The summed E-state index contributed by atoms with van der Waals surface area (Å²) in [5.74, 6) is 0. The first-order valence-electron chi connectivity index (χ1n) is 22.9. The van der Waals surface area contributed by atoms with Gasteiger partial charge >= 0.3 is 0 Å². The van der Waals surface area contributed by atoms with Gasteiger partial charge in [-0.3, -0.25) is 0 Å². The van der Waals surface area contributed by atoms with Crippen LogP contribution < -0.4 is 56.7 Å². The third-order valence-electron chi connectivity index (χ3n) is 14.4. The Morgan fingerprint density at radius 2 is 0.515 bits per heavy atom. The van der Waals surface area contributed by atoms with E-state index in [1.54, 1.807) is 0 Å². The summed E-state index contributed by atoms with van der Waals surface area (Å²) in [4.78, 5) is 10.1. The first-order chi connectivity index (χ1) is 32.8. The maximum absolute atomic E-state index is 2.98. The van der Waals surface area contributed by atoms with Crippen molar-refractivity contribution in [3.63, 3.8) is 0 Å². The van der Waals surface area contributed by atoms with Crippen LogP contribution in [-0.2, 0) is 0 Å². The summed E-state index contributed by atoms with van der Waals surface area (Å²) in [6.07, 6.45) is 0. The van der Waals surface area contributed by atoms with E-state index >= 15 is 0 Å². The standard InChI is InChI=1S/C60H41BN4Si/c1-4-22-42(23-5-1)62-48-30-12-10-28-46(48)61-47-29-11-13-31-49(47)63(43-24-6-2-7-25-43)55-41-45(40-54(62)60(55)61)65-52-34-16-20-38-58(52)66(59-39-21-17-35-53(59)65)56-36-18-14-32-50(56)64(44-26-8-3-9-27-44)51-33-15-19-37-57(51)66/h1-41H. The van der Waals surface area contributed by atoms with Crippen LogP contribution in [0.25, 0.3) is 0 Å². The van der Waals surface area contributed by atoms with Crippen molar-refractivity contribution >= 4 is 120 Å². The minimum atomic E-state index is -2.98. The second-order valence-electron chi connectivity index (χ2n) is 17.6. The third kappa shape index (κ3) is 5.04. The highest BCUT2D eigenvalue weighted by atomic mass is 28.3. The number of rotatable bonds is 4. The Bertz CT molecular complexity index is 3330. The van der Waals surface area contributed by atoms with E-state index in [0.717, 1.165) is 22.7 Å². The van der Waals surface area contributed by atoms with Gasteiger partial charge in [0.25, 0.3) is 6.71 Å². The van der Waals surface area contributed by atoms with Crippen LogP contribution in [-0.4, -0.2) is 14.8 Å². The van der Waals surface area contributed by atoms with Crippen LogP contribution in [0.15, 0.2) is 249 Å². The van der Waals surface area contributed by atoms with Crippen molar-refractivity contribution in [3.8, 4) is 0 Å². The predicted octanol–water partition coefficient (Wildman–Crippen LogP) is 10.7. The number of hydrogen-bond donors (Lipinski definition) is 0. The zero-order valence-electron chi connectivity index (χ0n) is 36.0. The van der Waals surface area contributed by atoms with Gasteiger partial charge in [0.05, 0.1) is 5.69 Å². The fourth-order valence-corrected chi connectivity index (χ4v) is 17.4. The number of nitrogens with zero attached hydrogens (tertiary/aromatic N) is 4. The Morgan fingerprint density at radius 1 is 0.242 bits per heavy atom. The van der Waals surface area contributed by atoms with E-state index < -0.39 is 8.07 Å². The highest BCUT2D eigenvalue weighted by molar-refractivity contribution is 7.23. The van der Waals surface area contributed by atoms with Crippen LogP contribution in [0.5, 0.6) is 0 Å². The lowest BCUT2D eigenvalue weighted by Gasteiger charge is -2.50. The van der Waals surface area contributed by atoms with Crippen LogP contribution >= 0.6 is 0 Å². The van der Waals surface area contributed by atoms with E-state index in [2.05, 4.69) is 268 Å². The van der Waals surface area contributed by atoms with E-state index in [0.29, 0.717) is 0 Å². The lowest BCUT2D eigenvalue weighted by molar-refractivity contribution is 1.23. The fraction of sp³-hybridized carbons (Fsp3) is 0. The maximum Gasteiger partial charge on any atom is 0.252 e. The number of para-hydroxylation sites is 9. The number of anilines is 12. The summed E-state index contributed by atoms with van der Waals surface area (Å²) >= 11 is 0. The number of fused-ring (bicyclic) bond motifs is 12. The summed E-state index contributed by atoms with van der Waals surface area (Å²) in [5, 5.41) is 5.57. The van der Waals surface area contributed by atoms with Gasteiger partial charge in [-0.25, -0.2) is 0 Å². The summed E-state index contributed by atoms with van der Waals surface area (Å²) in [6, 6.07) is 92.8. The van der Waals surface area contributed by atoms with Gasteiger partial charge in [0.15, 0.2) is 8.07 Å². The molecule has 308 valence electrons. The maximum atomic E-state index is 2.58. The molecule has 4 heterocycles. The van der Waals surface area contributed by atoms with Crippen LogP contribution in [0.2, 0.25) is 0 Å². The highest BCUT2D eigenvalue weighted by Gasteiger charge is 2.54. The molecule has 0 fully saturated rings. The van der Waals surface area contributed by atoms with Gasteiger partial charge < -0.3 is 19.6 Å². The van der Waals surface area contributed by atoms with Crippen molar-refractivity contribution in [1.82, 2.24) is 0 Å². The SMILES string of the molecule is c1ccc(N2c3ccccc3[Si]3(c4ccccc42)c2ccccc2N(c2cc4c5c(c2)N(c2ccccc2)c2ccccc2B5c2ccccc2N4c2ccccc2)c2ccccc23)cc1. The van der Waals surface area contributed by atoms with Crippen molar-refractivity contribution in [2.75, 3.05) is 19.6 Å². The quantitative estimate of drug-likeness (QED) is 0.164. The van der Waals surface area contributed by atoms with E-state index in [-0.39, 0.29) is 6.71 Å². The molecule has 14 rings (SSSR count). The van der Waals surface area contributed by atoms with Crippen molar-refractivity contribution in [2.45, 2.75) is 0 Å². The average Bonchev–Trinajstić information content (AvgIpc) is 3.39. The first kappa shape index (κ1) is 37.1. The molecule has 0 saturated heterocycles. The second kappa shape index (κ2) is 14.3. The lowest BCUT2D eigenvalue weighted by Crippen LogP contribution is -2.79. The zero-order chi connectivity index (χ0) is 43.3. The molecule has 10 aromatic carbocycles. The fourth-order valence-electron chi connectivity index (χ4n) is 11.9. The third-order valence-corrected chi connectivity index (χ3v) is 19.3. The lowest BCUT2D eigenvalue weighted by atomic mass is 9.33. The first-order valence-corrected chi connectivity index (χ1v) is 24.9. The molecule has 0 N–H and O–H groups in total. The molecule has 0 amide bonds. The Kier molecular flexibility index (Phi) is 8.06. The number of benzene rings is 10. The molecule has 4 nitrogen and oxygen atoms in total. The molecule has 0 saturated carbocycles. The summed E-state index contributed by atoms with van der Waals surface area (Å²) in [7, 11) is -2.98. The van der Waals surface area contributed by atoms with Gasteiger partial charge in [0.2, 0.25) is 0 Å². The van der Waals surface area contributed by atoms with Gasteiger partial charge in [-0.2, -0.15) is 0 Å². The Labute approximate surface area is 386 Å². The normalized spacial score (nSPS) is 14.3. The molecule has 66 heavy (non-hydrogen) atoms. The molecule has 0 aromatic heterocycles. The molecule has 0 radical (unpaired) electrons. The minimum absolute atomic E-state index is 0.0378. The summed E-state index contributed by atoms with van der Waals surface area (Å²) in [5.41, 5.74) is 18.2. The molecule has 1 spiro atoms. The molecule has 0 unspecified atom stereocenters. The monoisotopic (exact) mass is 856 g/mol. The molecule has 0 atom stereocenters. The highest BCUT2D eigenvalue weighted by Crippen LogP contribution is 2.49. The van der Waals surface area contributed by atoms with Crippen LogP contribution in [0.1, 0.15) is 0 Å². The Balaban J connectivity index is 1.08. The van der Waals surface area contributed by atoms with Crippen molar-refractivity contribution in [3.05, 3.63) is 249 Å². The van der Waals surface area contributed by atoms with Crippen LogP contribution in [0.4, 0.5) is 68.2 Å². The average molecular weight is 857 g/mol. The molecular formula is C60H41BN4Si. The minimum Gasteiger partial charge on any atom is -0.311 e. The predicted molar refractivity (Wildman–Crippen MR) is 281 cm³/mol. The van der Waals surface area contributed by atoms with E-state index in [4.69, 9.17) is 0 Å². The molecule has 0 aliphatic carbocycles. The smallest absolute Gasteiger partial charge is 0.252 e. The zero-order valence-corrected chi connectivity index (χ0v) is 37.0. The molecular weight excluding hydrogens is 816 g/mol. The van der Waals surface area contributed by atoms with Gasteiger partial charge in [0.1, 0.15) is 0 Å². The van der Waals surface area contributed by atoms with Gasteiger partial charge in [-0.05, 0) is 122 Å². The largest absolute Gasteiger partial charge is 0.311 e. The second-order valence-corrected chi connectivity index (χ2v) is 21.3. The van der Waals surface area contributed by atoms with Crippen molar-refractivity contribution in [1.29, 1.82) is 0 Å². The van der Waals surface area contributed by atoms with Gasteiger partial charge in [-0.1, -0.05) is 164 Å². The van der Waals surface area contributed by atoms with Gasteiger partial charge in [0, 0.05) is 62.6 Å². The van der Waals surface area contributed by atoms with Crippen molar-refractivity contribution < 1.29 is 0 Å². The molecule has 6 heteroatoms. The van der Waals surface area contributed by atoms with Crippen LogP contribution in [0.3, 0.4) is 0 Å². The number of hydrogen-bond acceptors (Lipinski definition) is 4. The molecule has 4 aliphatic heterocycles. The topological polar surface area (TPSA) is 13.0 Å². The van der Waals surface area contributed by atoms with Crippen molar-refractivity contribution in [2.24, 2.45) is 0 Å². The van der Waals surface area contributed by atoms with E-state index in [1.807, 2.05) is 0 Å². The van der Waals surface area contributed by atoms with Gasteiger partial charge in [-0.15, -0.1) is 0 Å². The molecule has 4 aliphatic rings. The summed E-state index contributed by atoms with van der Waals surface area (Å²) < 4.78 is 0. The summed E-state index contributed by atoms with van der Waals surface area (Å²) in [6.45, 7) is 0.0378.